The fourth-order valence-electron chi connectivity index (χ4n) is 1.28. The molecule has 168 valence electrons. The van der Waals surface area contributed by atoms with Crippen molar-refractivity contribution in [2.75, 3.05) is 0 Å². The summed E-state index contributed by atoms with van der Waals surface area (Å²) in [7, 11) is 0. The van der Waals surface area contributed by atoms with E-state index in [1.165, 1.54) is 0 Å². The summed E-state index contributed by atoms with van der Waals surface area (Å²) in [5.41, 5.74) is 0. The van der Waals surface area contributed by atoms with Gasteiger partial charge >= 0.3 is 39.0 Å². The van der Waals surface area contributed by atoms with Crippen LogP contribution in [0.1, 0.15) is 105 Å². The van der Waals surface area contributed by atoms with Gasteiger partial charge in [-0.2, -0.15) is 0 Å². The summed E-state index contributed by atoms with van der Waals surface area (Å²) in [5.74, 6) is -3.77. The maximum atomic E-state index is 9.65. The smallest absolute Gasteiger partial charge is 0.550 e. The normalized spacial score (nSPS) is 8.13. The molecule has 0 spiro atoms. The maximum absolute atomic E-state index is 9.65. The molecule has 0 heterocycles. The van der Waals surface area contributed by atoms with Crippen LogP contribution in [0.4, 0.5) is 0 Å². The van der Waals surface area contributed by atoms with Crippen LogP contribution < -0.4 is 20.4 Å². The van der Waals surface area contributed by atoms with Gasteiger partial charge in [0.2, 0.25) is 0 Å². The summed E-state index contributed by atoms with van der Waals surface area (Å²) >= 11 is 0. The zero-order valence-corrected chi connectivity index (χ0v) is 25.1. The van der Waals surface area contributed by atoms with E-state index in [1.807, 2.05) is 27.7 Å². The summed E-state index contributed by atoms with van der Waals surface area (Å²) in [6.07, 6.45) is 7.47. The zero-order chi connectivity index (χ0) is 22.8. The molecule has 0 aliphatic heterocycles. The number of unbranched alkanes of at least 4 members (excludes halogenated alkanes) is 4. The molecule has 0 aliphatic carbocycles. The van der Waals surface area contributed by atoms with Crippen molar-refractivity contribution in [1.29, 1.82) is 0 Å². The molecular formula is C20H36O8Zn2. The van der Waals surface area contributed by atoms with Gasteiger partial charge in [0.25, 0.3) is 0 Å². The maximum Gasteiger partial charge on any atom is 2.00 e. The van der Waals surface area contributed by atoms with Crippen molar-refractivity contribution >= 4 is 23.9 Å². The van der Waals surface area contributed by atoms with Crippen LogP contribution in [0.3, 0.4) is 0 Å². The van der Waals surface area contributed by atoms with E-state index in [-0.39, 0.29) is 64.6 Å². The van der Waals surface area contributed by atoms with E-state index in [4.69, 9.17) is 0 Å². The molecule has 0 aromatic heterocycles. The van der Waals surface area contributed by atoms with Crippen molar-refractivity contribution in [1.82, 2.24) is 0 Å². The predicted molar refractivity (Wildman–Crippen MR) is 98.1 cm³/mol. The SMILES string of the molecule is CCCCC(=O)[O-].CCCCC(=O)[O-].CCCCC(=O)[O-].CCCCC(=O)[O-].[Zn+2].[Zn+2]. The molecular weight excluding hydrogens is 499 g/mol. The standard InChI is InChI=1S/4C5H10O2.2Zn/c4*1-2-3-4-5(6)7;;/h4*2-4H2,1H3,(H,6,7);;/q;;;;2*+2/p-4. The monoisotopic (exact) mass is 532 g/mol. The number of carbonyl (C=O) groups is 4. The molecule has 0 radical (unpaired) electrons. The number of aliphatic carboxylic acids is 4. The van der Waals surface area contributed by atoms with Crippen molar-refractivity contribution < 1.29 is 78.6 Å². The Bertz CT molecular complexity index is 319. The molecule has 0 aromatic rings. The van der Waals surface area contributed by atoms with Crippen molar-refractivity contribution in [3.63, 3.8) is 0 Å². The van der Waals surface area contributed by atoms with Gasteiger partial charge in [-0.05, 0) is 51.4 Å². The predicted octanol–water partition coefficient (Wildman–Crippen LogP) is -0.299. The third kappa shape index (κ3) is 80.9. The van der Waals surface area contributed by atoms with Crippen LogP contribution in [0.2, 0.25) is 0 Å². The molecule has 0 fully saturated rings. The first-order valence-corrected chi connectivity index (χ1v) is 9.88. The van der Waals surface area contributed by atoms with E-state index < -0.39 is 23.9 Å². The Morgan fingerprint density at radius 2 is 0.567 bits per heavy atom. The molecule has 0 saturated carbocycles. The first kappa shape index (κ1) is 43.1. The molecule has 8 nitrogen and oxygen atoms in total. The molecule has 0 amide bonds. The largest absolute Gasteiger partial charge is 2.00 e. The summed E-state index contributed by atoms with van der Waals surface area (Å²) < 4.78 is 0. The molecule has 0 aromatic carbocycles. The van der Waals surface area contributed by atoms with Gasteiger partial charge in [-0.1, -0.05) is 53.4 Å². The summed E-state index contributed by atoms with van der Waals surface area (Å²) in [5, 5.41) is 38.6. The van der Waals surface area contributed by atoms with E-state index in [0.717, 1.165) is 51.4 Å². The number of carbonyl (C=O) groups excluding carboxylic acids is 4. The third-order valence-electron chi connectivity index (χ3n) is 2.94. The van der Waals surface area contributed by atoms with Gasteiger partial charge in [0, 0.05) is 23.9 Å². The topological polar surface area (TPSA) is 161 Å². The summed E-state index contributed by atoms with van der Waals surface area (Å²) in [6, 6.07) is 0. The van der Waals surface area contributed by atoms with Crippen molar-refractivity contribution in [3.8, 4) is 0 Å². The minimum atomic E-state index is -0.943. The average molecular weight is 535 g/mol. The first-order valence-electron chi connectivity index (χ1n) is 9.88. The van der Waals surface area contributed by atoms with Crippen LogP contribution in [0.25, 0.3) is 0 Å². The van der Waals surface area contributed by atoms with Crippen LogP contribution in [0.15, 0.2) is 0 Å². The Morgan fingerprint density at radius 1 is 0.433 bits per heavy atom. The van der Waals surface area contributed by atoms with Crippen LogP contribution >= 0.6 is 0 Å². The number of hydrogen-bond donors (Lipinski definition) is 0. The van der Waals surface area contributed by atoms with Gasteiger partial charge in [-0.3, -0.25) is 0 Å². The fourth-order valence-corrected chi connectivity index (χ4v) is 1.28. The number of carboxylic acids is 4. The second kappa shape index (κ2) is 38.7. The Kier molecular flexibility index (Phi) is 55.6. The second-order valence-electron chi connectivity index (χ2n) is 5.90. The molecule has 0 unspecified atom stereocenters. The van der Waals surface area contributed by atoms with E-state index in [9.17, 15) is 39.6 Å². The zero-order valence-electron chi connectivity index (χ0n) is 19.2. The Labute approximate surface area is 206 Å². The van der Waals surface area contributed by atoms with E-state index in [1.54, 1.807) is 0 Å². The van der Waals surface area contributed by atoms with E-state index in [2.05, 4.69) is 0 Å². The van der Waals surface area contributed by atoms with Crippen LogP contribution in [-0.2, 0) is 58.1 Å². The summed E-state index contributed by atoms with van der Waals surface area (Å²) in [6.45, 7) is 7.79. The molecule has 0 atom stereocenters. The van der Waals surface area contributed by atoms with Gasteiger partial charge in [0.05, 0.1) is 0 Å². The van der Waals surface area contributed by atoms with Crippen LogP contribution in [-0.4, -0.2) is 23.9 Å². The van der Waals surface area contributed by atoms with Gasteiger partial charge < -0.3 is 39.6 Å². The molecule has 0 rings (SSSR count). The van der Waals surface area contributed by atoms with E-state index in [0.29, 0.717) is 0 Å². The molecule has 0 aliphatic rings. The van der Waals surface area contributed by atoms with Gasteiger partial charge in [0.15, 0.2) is 0 Å². The van der Waals surface area contributed by atoms with Crippen LogP contribution in [0.5, 0.6) is 0 Å². The molecule has 10 heteroatoms. The minimum Gasteiger partial charge on any atom is -0.550 e. The average Bonchev–Trinajstić information content (AvgIpc) is 2.62. The number of hydrogen-bond acceptors (Lipinski definition) is 8. The van der Waals surface area contributed by atoms with Crippen molar-refractivity contribution in [2.24, 2.45) is 0 Å². The Morgan fingerprint density at radius 3 is 0.600 bits per heavy atom. The van der Waals surface area contributed by atoms with Gasteiger partial charge in [-0.15, -0.1) is 0 Å². The summed E-state index contributed by atoms with van der Waals surface area (Å²) in [4.78, 5) is 38.6. The van der Waals surface area contributed by atoms with Crippen molar-refractivity contribution in [3.05, 3.63) is 0 Å². The fraction of sp³-hybridized carbons (Fsp3) is 0.800. The molecule has 0 saturated heterocycles. The second-order valence-corrected chi connectivity index (χ2v) is 5.90. The Balaban J connectivity index is -0.0000000626. The minimum absolute atomic E-state index is 0. The van der Waals surface area contributed by atoms with Crippen molar-refractivity contribution in [2.45, 2.75) is 105 Å². The number of carboxylic acid groups (broad SMARTS) is 4. The molecule has 30 heavy (non-hydrogen) atoms. The quantitative estimate of drug-likeness (QED) is 0.308. The first-order chi connectivity index (χ1) is 13.1. The number of rotatable bonds is 12. The Hall–Kier alpha value is -0.873. The van der Waals surface area contributed by atoms with Gasteiger partial charge in [0.1, 0.15) is 0 Å². The third-order valence-corrected chi connectivity index (χ3v) is 2.94. The molecule has 0 N–H and O–H groups in total. The van der Waals surface area contributed by atoms with Crippen LogP contribution in [0, 0.1) is 0 Å². The van der Waals surface area contributed by atoms with Gasteiger partial charge in [-0.25, -0.2) is 0 Å². The molecule has 0 bridgehead atoms. The van der Waals surface area contributed by atoms with E-state index >= 15 is 0 Å².